The summed E-state index contributed by atoms with van der Waals surface area (Å²) < 4.78 is 0. The van der Waals surface area contributed by atoms with E-state index in [9.17, 15) is 0 Å². The van der Waals surface area contributed by atoms with Crippen molar-refractivity contribution in [2.24, 2.45) is 4.99 Å². The van der Waals surface area contributed by atoms with Gasteiger partial charge in [0.1, 0.15) is 0 Å². The first kappa shape index (κ1) is 10.0. The Morgan fingerprint density at radius 1 is 1.70 bits per heavy atom. The third-order valence-electron chi connectivity index (χ3n) is 1.00. The molecule has 0 unspecified atom stereocenters. The molecule has 0 rings (SSSR count). The van der Waals surface area contributed by atoms with E-state index in [0.717, 1.165) is 16.5 Å². The highest BCUT2D eigenvalue weighted by Gasteiger charge is 1.90. The van der Waals surface area contributed by atoms with Crippen molar-refractivity contribution in [1.29, 1.82) is 0 Å². The zero-order valence-corrected chi connectivity index (χ0v) is 8.09. The minimum Gasteiger partial charge on any atom is -0.293 e. The first-order valence-corrected chi connectivity index (χ1v) is 4.76. The highest BCUT2D eigenvalue weighted by atomic mass is 35.5. The number of nitrogens with zero attached hydrogens (tertiary/aromatic N) is 1. The molecule has 0 amide bonds. The number of aliphatic imine (C=N–C) groups is 1. The molecule has 0 fully saturated rings. The molecule has 0 aliphatic carbocycles. The maximum Gasteiger partial charge on any atom is 0.0325 e. The lowest BCUT2D eigenvalue weighted by Gasteiger charge is -1.93. The number of rotatable bonds is 3. The normalized spacial score (nSPS) is 14.0. The van der Waals surface area contributed by atoms with Gasteiger partial charge in [0.15, 0.2) is 0 Å². The van der Waals surface area contributed by atoms with Crippen molar-refractivity contribution in [2.75, 3.05) is 19.1 Å². The number of halogens is 1. The second-order valence-electron chi connectivity index (χ2n) is 1.89. The Bertz CT molecular complexity index is 152. The van der Waals surface area contributed by atoms with Crippen molar-refractivity contribution in [3.8, 4) is 0 Å². The Hall–Kier alpha value is 0.0500. The fourth-order valence-electron chi connectivity index (χ4n) is 0.471. The SMILES string of the molecule is C/N=C(C)\C=C(\Cl)CSC. The van der Waals surface area contributed by atoms with Gasteiger partial charge in [-0.25, -0.2) is 0 Å². The van der Waals surface area contributed by atoms with E-state index < -0.39 is 0 Å². The number of hydrogen-bond donors (Lipinski definition) is 0. The van der Waals surface area contributed by atoms with E-state index in [0.29, 0.717) is 0 Å². The standard InChI is InChI=1S/C7H12ClNS/c1-6(9-2)4-7(8)5-10-3/h4H,5H2,1-3H3/b7-4+,9-6-. The van der Waals surface area contributed by atoms with Crippen molar-refractivity contribution in [1.82, 2.24) is 0 Å². The molecule has 0 saturated carbocycles. The predicted molar refractivity (Wildman–Crippen MR) is 51.4 cm³/mol. The zero-order chi connectivity index (χ0) is 7.98. The summed E-state index contributed by atoms with van der Waals surface area (Å²) in [5.41, 5.74) is 0.971. The first-order valence-electron chi connectivity index (χ1n) is 2.99. The van der Waals surface area contributed by atoms with Gasteiger partial charge in [0, 0.05) is 23.5 Å². The van der Waals surface area contributed by atoms with Crippen LogP contribution in [0.15, 0.2) is 16.1 Å². The van der Waals surface area contributed by atoms with Crippen molar-refractivity contribution in [3.05, 3.63) is 11.1 Å². The Balaban J connectivity index is 3.90. The molecule has 3 heteroatoms. The summed E-state index contributed by atoms with van der Waals surface area (Å²) in [6.45, 7) is 1.93. The number of allylic oxidation sites excluding steroid dienone is 1. The molecule has 0 spiro atoms. The molecule has 0 bridgehead atoms. The Morgan fingerprint density at radius 3 is 2.70 bits per heavy atom. The van der Waals surface area contributed by atoms with Crippen LogP contribution in [0.4, 0.5) is 0 Å². The maximum absolute atomic E-state index is 5.81. The van der Waals surface area contributed by atoms with Gasteiger partial charge >= 0.3 is 0 Å². The molecule has 0 aliphatic rings. The number of thioether (sulfide) groups is 1. The minimum atomic E-state index is 0.857. The molecule has 0 aromatic heterocycles. The van der Waals surface area contributed by atoms with Crippen LogP contribution >= 0.6 is 23.4 Å². The van der Waals surface area contributed by atoms with Crippen molar-refractivity contribution in [2.45, 2.75) is 6.92 Å². The van der Waals surface area contributed by atoms with E-state index in [-0.39, 0.29) is 0 Å². The topological polar surface area (TPSA) is 12.4 Å². The monoisotopic (exact) mass is 177 g/mol. The third-order valence-corrected chi connectivity index (χ3v) is 2.00. The summed E-state index contributed by atoms with van der Waals surface area (Å²) in [5, 5.41) is 0.857. The molecule has 10 heavy (non-hydrogen) atoms. The summed E-state index contributed by atoms with van der Waals surface area (Å²) in [5.74, 6) is 0.869. The average Bonchev–Trinajstić information content (AvgIpc) is 1.88. The lowest BCUT2D eigenvalue weighted by Crippen LogP contribution is -1.86. The fourth-order valence-corrected chi connectivity index (χ4v) is 1.32. The van der Waals surface area contributed by atoms with Gasteiger partial charge < -0.3 is 0 Å². The van der Waals surface area contributed by atoms with Crippen molar-refractivity contribution < 1.29 is 0 Å². The summed E-state index contributed by atoms with van der Waals surface area (Å²) in [7, 11) is 1.76. The first-order chi connectivity index (χ1) is 4.70. The van der Waals surface area contributed by atoms with Crippen LogP contribution in [-0.2, 0) is 0 Å². The van der Waals surface area contributed by atoms with Gasteiger partial charge in [0.05, 0.1) is 0 Å². The van der Waals surface area contributed by atoms with Gasteiger partial charge in [-0.2, -0.15) is 11.8 Å². The molecule has 0 aromatic rings. The van der Waals surface area contributed by atoms with Crippen molar-refractivity contribution in [3.63, 3.8) is 0 Å². The maximum atomic E-state index is 5.81. The van der Waals surface area contributed by atoms with Gasteiger partial charge in [-0.3, -0.25) is 4.99 Å². The molecule has 0 aliphatic heterocycles. The second kappa shape index (κ2) is 5.81. The lowest BCUT2D eigenvalue weighted by molar-refractivity contribution is 1.43. The summed E-state index contributed by atoms with van der Waals surface area (Å²) >= 11 is 7.52. The molecular weight excluding hydrogens is 166 g/mol. The van der Waals surface area contributed by atoms with Crippen LogP contribution in [0.5, 0.6) is 0 Å². The van der Waals surface area contributed by atoms with Crippen LogP contribution in [0.25, 0.3) is 0 Å². The highest BCUT2D eigenvalue weighted by Crippen LogP contribution is 2.08. The average molecular weight is 178 g/mol. The van der Waals surface area contributed by atoms with Gasteiger partial charge in [-0.15, -0.1) is 0 Å². The summed E-state index contributed by atoms with van der Waals surface area (Å²) in [4.78, 5) is 3.96. The largest absolute Gasteiger partial charge is 0.293 e. The van der Waals surface area contributed by atoms with Gasteiger partial charge in [-0.1, -0.05) is 11.6 Å². The lowest BCUT2D eigenvalue weighted by atomic mass is 10.4. The molecule has 0 atom stereocenters. The molecule has 0 saturated heterocycles. The van der Waals surface area contributed by atoms with E-state index in [1.54, 1.807) is 18.8 Å². The smallest absolute Gasteiger partial charge is 0.0325 e. The van der Waals surface area contributed by atoms with E-state index in [1.165, 1.54) is 0 Å². The Morgan fingerprint density at radius 2 is 2.30 bits per heavy atom. The van der Waals surface area contributed by atoms with Crippen LogP contribution in [0.2, 0.25) is 0 Å². The Kier molecular flexibility index (Phi) is 5.84. The molecule has 0 N–H and O–H groups in total. The van der Waals surface area contributed by atoms with Gasteiger partial charge in [0.25, 0.3) is 0 Å². The van der Waals surface area contributed by atoms with E-state index in [2.05, 4.69) is 4.99 Å². The van der Waals surface area contributed by atoms with Crippen LogP contribution in [-0.4, -0.2) is 24.8 Å². The van der Waals surface area contributed by atoms with E-state index in [4.69, 9.17) is 11.6 Å². The highest BCUT2D eigenvalue weighted by molar-refractivity contribution is 7.98. The fraction of sp³-hybridized carbons (Fsp3) is 0.571. The molecule has 1 nitrogen and oxygen atoms in total. The molecular formula is C7H12ClNS. The molecule has 0 aromatic carbocycles. The molecule has 0 radical (unpaired) electrons. The van der Waals surface area contributed by atoms with Gasteiger partial charge in [0.2, 0.25) is 0 Å². The summed E-state index contributed by atoms with van der Waals surface area (Å²) in [6.07, 6.45) is 3.91. The minimum absolute atomic E-state index is 0.857. The van der Waals surface area contributed by atoms with E-state index in [1.807, 2.05) is 19.3 Å². The van der Waals surface area contributed by atoms with Crippen LogP contribution < -0.4 is 0 Å². The van der Waals surface area contributed by atoms with Crippen molar-refractivity contribution >= 4 is 29.1 Å². The predicted octanol–water partition coefficient (Wildman–Crippen LogP) is 2.56. The van der Waals surface area contributed by atoms with Crippen LogP contribution in [0.1, 0.15) is 6.92 Å². The molecule has 58 valence electrons. The van der Waals surface area contributed by atoms with Crippen LogP contribution in [0.3, 0.4) is 0 Å². The second-order valence-corrected chi connectivity index (χ2v) is 3.24. The van der Waals surface area contributed by atoms with Gasteiger partial charge in [-0.05, 0) is 19.3 Å². The zero-order valence-electron chi connectivity index (χ0n) is 6.52. The quantitative estimate of drug-likeness (QED) is 0.604. The molecule has 0 heterocycles. The Labute approximate surface area is 71.6 Å². The van der Waals surface area contributed by atoms with E-state index >= 15 is 0 Å². The third kappa shape index (κ3) is 4.89. The summed E-state index contributed by atoms with van der Waals surface area (Å²) in [6, 6.07) is 0. The number of hydrogen-bond acceptors (Lipinski definition) is 2. The van der Waals surface area contributed by atoms with Crippen LogP contribution in [0, 0.1) is 0 Å².